The van der Waals surface area contributed by atoms with Gasteiger partial charge < -0.3 is 19.2 Å². The first-order valence-electron chi connectivity index (χ1n) is 12.7. The summed E-state index contributed by atoms with van der Waals surface area (Å²) in [5, 5.41) is 4.04. The number of nitrogens with zero attached hydrogens (tertiary/aromatic N) is 2. The molecule has 2 fully saturated rings. The highest BCUT2D eigenvalue weighted by atomic mass is 35.5. The van der Waals surface area contributed by atoms with Crippen molar-refractivity contribution in [2.45, 2.75) is 26.1 Å². The molecule has 2 saturated heterocycles. The van der Waals surface area contributed by atoms with E-state index in [1.807, 2.05) is 18.2 Å². The summed E-state index contributed by atoms with van der Waals surface area (Å²) in [6, 6.07) is 11.4. The predicted molar refractivity (Wildman–Crippen MR) is 142 cm³/mol. The SMILES string of the molecule is O=C(Cc1coc2c(CN3CCOCC3)cc(CN3CCOCC3)cc2c1=O)NCc1ccc(Cl)cc1. The van der Waals surface area contributed by atoms with E-state index in [-0.39, 0.29) is 17.8 Å². The summed E-state index contributed by atoms with van der Waals surface area (Å²) in [7, 11) is 0. The van der Waals surface area contributed by atoms with Crippen LogP contribution >= 0.6 is 11.6 Å². The number of hydrogen-bond acceptors (Lipinski definition) is 7. The Morgan fingerprint density at radius 3 is 2.19 bits per heavy atom. The van der Waals surface area contributed by atoms with E-state index < -0.39 is 0 Å². The van der Waals surface area contributed by atoms with Gasteiger partial charge in [-0.05, 0) is 35.4 Å². The molecule has 2 aliphatic heterocycles. The molecule has 0 radical (unpaired) electrons. The average molecular weight is 526 g/mol. The number of carbonyl (C=O) groups excluding carboxylic acids is 1. The summed E-state index contributed by atoms with van der Waals surface area (Å²) in [6.45, 7) is 8.01. The molecule has 1 amide bonds. The van der Waals surface area contributed by atoms with E-state index in [1.165, 1.54) is 6.26 Å². The van der Waals surface area contributed by atoms with Crippen LogP contribution in [0.4, 0.5) is 0 Å². The maximum atomic E-state index is 13.5. The van der Waals surface area contributed by atoms with Crippen LogP contribution < -0.4 is 10.7 Å². The van der Waals surface area contributed by atoms with Crippen molar-refractivity contribution in [3.8, 4) is 0 Å². The molecule has 8 nitrogen and oxygen atoms in total. The molecule has 2 aromatic carbocycles. The van der Waals surface area contributed by atoms with Gasteiger partial charge >= 0.3 is 0 Å². The van der Waals surface area contributed by atoms with Gasteiger partial charge in [-0.15, -0.1) is 0 Å². The quantitative estimate of drug-likeness (QED) is 0.484. The second-order valence-electron chi connectivity index (χ2n) is 9.58. The summed E-state index contributed by atoms with van der Waals surface area (Å²) >= 11 is 5.93. The molecule has 0 saturated carbocycles. The standard InChI is InChI=1S/C28H32ClN3O5/c29-24-3-1-20(2-4-24)16-30-26(33)15-23-19-37-28-22(18-32-7-11-36-12-8-32)13-21(14-25(28)27(23)34)17-31-5-9-35-10-6-31/h1-4,13-14,19H,5-12,15-18H2,(H,30,33). The third kappa shape index (κ3) is 6.77. The fourth-order valence-corrected chi connectivity index (χ4v) is 4.93. The maximum absolute atomic E-state index is 13.5. The topological polar surface area (TPSA) is 84.2 Å². The van der Waals surface area contributed by atoms with Crippen LogP contribution in [0.3, 0.4) is 0 Å². The van der Waals surface area contributed by atoms with E-state index in [0.29, 0.717) is 61.1 Å². The smallest absolute Gasteiger partial charge is 0.224 e. The molecular weight excluding hydrogens is 494 g/mol. The molecular formula is C28H32ClN3O5. The predicted octanol–water partition coefficient (Wildman–Crippen LogP) is 2.97. The zero-order valence-corrected chi connectivity index (χ0v) is 21.6. The van der Waals surface area contributed by atoms with Gasteiger partial charge in [-0.25, -0.2) is 0 Å². The van der Waals surface area contributed by atoms with Crippen molar-refractivity contribution in [3.05, 3.63) is 80.2 Å². The highest BCUT2D eigenvalue weighted by molar-refractivity contribution is 6.30. The highest BCUT2D eigenvalue weighted by Gasteiger charge is 2.19. The largest absolute Gasteiger partial charge is 0.463 e. The lowest BCUT2D eigenvalue weighted by atomic mass is 10.0. The van der Waals surface area contributed by atoms with Crippen molar-refractivity contribution in [2.24, 2.45) is 0 Å². The number of ether oxygens (including phenoxy) is 2. The Kier molecular flexibility index (Phi) is 8.53. The highest BCUT2D eigenvalue weighted by Crippen LogP contribution is 2.23. The minimum atomic E-state index is -0.236. The van der Waals surface area contributed by atoms with Gasteiger partial charge in [0.05, 0.1) is 44.5 Å². The molecule has 1 aromatic heterocycles. The van der Waals surface area contributed by atoms with Crippen LogP contribution in [0.25, 0.3) is 11.0 Å². The summed E-state index contributed by atoms with van der Waals surface area (Å²) in [4.78, 5) is 30.8. The molecule has 37 heavy (non-hydrogen) atoms. The number of nitrogens with one attached hydrogen (secondary N) is 1. The van der Waals surface area contributed by atoms with Crippen LogP contribution in [0, 0.1) is 0 Å². The Labute approximate surface area is 221 Å². The zero-order chi connectivity index (χ0) is 25.6. The number of halogens is 1. The summed E-state index contributed by atoms with van der Waals surface area (Å²) < 4.78 is 17.0. The lowest BCUT2D eigenvalue weighted by Crippen LogP contribution is -2.36. The van der Waals surface area contributed by atoms with Crippen molar-refractivity contribution >= 4 is 28.5 Å². The molecule has 0 aliphatic carbocycles. The third-order valence-corrected chi connectivity index (χ3v) is 7.09. The number of amides is 1. The molecule has 3 heterocycles. The van der Waals surface area contributed by atoms with E-state index in [9.17, 15) is 9.59 Å². The Bertz CT molecular complexity index is 1280. The number of rotatable bonds is 8. The monoisotopic (exact) mass is 525 g/mol. The van der Waals surface area contributed by atoms with Crippen LogP contribution in [-0.2, 0) is 40.3 Å². The van der Waals surface area contributed by atoms with Gasteiger partial charge in [-0.2, -0.15) is 0 Å². The fourth-order valence-electron chi connectivity index (χ4n) is 4.81. The Morgan fingerprint density at radius 2 is 1.51 bits per heavy atom. The lowest BCUT2D eigenvalue weighted by molar-refractivity contribution is -0.120. The van der Waals surface area contributed by atoms with Crippen LogP contribution in [0.1, 0.15) is 22.3 Å². The van der Waals surface area contributed by atoms with Crippen molar-refractivity contribution < 1.29 is 18.7 Å². The molecule has 0 atom stereocenters. The van der Waals surface area contributed by atoms with Gasteiger partial charge in [0.15, 0.2) is 5.43 Å². The van der Waals surface area contributed by atoms with Crippen LogP contribution in [-0.4, -0.2) is 68.3 Å². The van der Waals surface area contributed by atoms with Crippen LogP contribution in [0.2, 0.25) is 5.02 Å². The Hall–Kier alpha value is -2.75. The molecule has 1 N–H and O–H groups in total. The number of fused-ring (bicyclic) bond motifs is 1. The van der Waals surface area contributed by atoms with E-state index >= 15 is 0 Å². The normalized spacial score (nSPS) is 17.2. The lowest BCUT2D eigenvalue weighted by Gasteiger charge is -2.28. The second-order valence-corrected chi connectivity index (χ2v) is 10.0. The summed E-state index contributed by atoms with van der Waals surface area (Å²) in [6.07, 6.45) is 1.40. The molecule has 0 unspecified atom stereocenters. The van der Waals surface area contributed by atoms with Gasteiger partial charge in [0.25, 0.3) is 0 Å². The van der Waals surface area contributed by atoms with Crippen molar-refractivity contribution in [3.63, 3.8) is 0 Å². The Balaban J connectivity index is 1.38. The van der Waals surface area contributed by atoms with Crippen molar-refractivity contribution in [2.75, 3.05) is 52.6 Å². The summed E-state index contributed by atoms with van der Waals surface area (Å²) in [5.41, 5.74) is 3.76. The van der Waals surface area contributed by atoms with Gasteiger partial charge in [-0.3, -0.25) is 19.4 Å². The number of morpholine rings is 2. The molecule has 9 heteroatoms. The molecule has 196 valence electrons. The molecule has 2 aliphatic rings. The zero-order valence-electron chi connectivity index (χ0n) is 20.8. The minimum absolute atomic E-state index is 0.0433. The van der Waals surface area contributed by atoms with E-state index in [2.05, 4.69) is 21.2 Å². The first-order chi connectivity index (χ1) is 18.0. The molecule has 0 bridgehead atoms. The third-order valence-electron chi connectivity index (χ3n) is 6.84. The van der Waals surface area contributed by atoms with E-state index in [0.717, 1.165) is 49.4 Å². The second kappa shape index (κ2) is 12.2. The number of benzene rings is 2. The van der Waals surface area contributed by atoms with Crippen molar-refractivity contribution in [1.29, 1.82) is 0 Å². The fraction of sp³-hybridized carbons (Fsp3) is 0.429. The number of carbonyl (C=O) groups is 1. The maximum Gasteiger partial charge on any atom is 0.224 e. The van der Waals surface area contributed by atoms with Gasteiger partial charge in [0.2, 0.25) is 5.91 Å². The van der Waals surface area contributed by atoms with Gasteiger partial charge in [0, 0.05) is 62.0 Å². The van der Waals surface area contributed by atoms with E-state index in [4.69, 9.17) is 25.5 Å². The van der Waals surface area contributed by atoms with Gasteiger partial charge in [-0.1, -0.05) is 23.7 Å². The van der Waals surface area contributed by atoms with Crippen LogP contribution in [0.15, 0.2) is 51.9 Å². The molecule has 3 aromatic rings. The first kappa shape index (κ1) is 25.9. The Morgan fingerprint density at radius 1 is 0.865 bits per heavy atom. The first-order valence-corrected chi connectivity index (χ1v) is 13.1. The van der Waals surface area contributed by atoms with E-state index in [1.54, 1.807) is 12.1 Å². The number of hydrogen-bond donors (Lipinski definition) is 1. The summed E-state index contributed by atoms with van der Waals surface area (Å²) in [5.74, 6) is -0.236. The molecule has 5 rings (SSSR count). The van der Waals surface area contributed by atoms with Crippen molar-refractivity contribution in [1.82, 2.24) is 15.1 Å². The average Bonchev–Trinajstić information content (AvgIpc) is 2.91. The van der Waals surface area contributed by atoms with Crippen LogP contribution in [0.5, 0.6) is 0 Å². The minimum Gasteiger partial charge on any atom is -0.463 e. The molecule has 0 spiro atoms. The van der Waals surface area contributed by atoms with Gasteiger partial charge in [0.1, 0.15) is 5.58 Å².